The maximum atomic E-state index is 12.8. The average Bonchev–Trinajstić information content (AvgIpc) is 2.65. The first-order valence-corrected chi connectivity index (χ1v) is 7.86. The molecule has 0 bridgehead atoms. The van der Waals surface area contributed by atoms with Gasteiger partial charge in [0.1, 0.15) is 0 Å². The second-order valence-electron chi connectivity index (χ2n) is 5.61. The molecule has 7 heteroatoms. The first-order valence-electron chi connectivity index (χ1n) is 7.86. The Hall–Kier alpha value is -3.48. The minimum Gasteiger partial charge on any atom is -0.277 e. The van der Waals surface area contributed by atoms with E-state index in [0.29, 0.717) is 22.8 Å². The van der Waals surface area contributed by atoms with Gasteiger partial charge in [-0.15, -0.1) is 0 Å². The zero-order valence-corrected chi connectivity index (χ0v) is 13.4. The van der Waals surface area contributed by atoms with E-state index in [4.69, 9.17) is 0 Å². The highest BCUT2D eigenvalue weighted by molar-refractivity contribution is 5.81. The molecule has 0 aliphatic heterocycles. The maximum absolute atomic E-state index is 12.8. The molecule has 2 aromatic carbocycles. The Kier molecular flexibility index (Phi) is 3.35. The van der Waals surface area contributed by atoms with Crippen molar-refractivity contribution < 1.29 is 0 Å². The van der Waals surface area contributed by atoms with Gasteiger partial charge in [-0.1, -0.05) is 24.3 Å². The highest BCUT2D eigenvalue weighted by Gasteiger charge is 2.15. The predicted octanol–water partition coefficient (Wildman–Crippen LogP) is 1.41. The summed E-state index contributed by atoms with van der Waals surface area (Å²) < 4.78 is 2.41. The van der Waals surface area contributed by atoms with Gasteiger partial charge in [0, 0.05) is 6.54 Å². The molecule has 0 fully saturated rings. The molecule has 1 N–H and O–H groups in total. The molecule has 0 unspecified atom stereocenters. The molecule has 0 atom stereocenters. The van der Waals surface area contributed by atoms with Gasteiger partial charge in [-0.25, -0.2) is 4.98 Å². The zero-order valence-electron chi connectivity index (χ0n) is 13.4. The minimum atomic E-state index is -0.431. The molecule has 0 amide bonds. The summed E-state index contributed by atoms with van der Waals surface area (Å²) in [6.07, 6.45) is 0. The molecule has 0 aliphatic rings. The molecule has 2 heterocycles. The van der Waals surface area contributed by atoms with Crippen LogP contribution in [0.25, 0.3) is 27.6 Å². The topological polar surface area (TPSA) is 89.8 Å². The van der Waals surface area contributed by atoms with Gasteiger partial charge < -0.3 is 0 Å². The second kappa shape index (κ2) is 5.55. The van der Waals surface area contributed by atoms with Gasteiger partial charge in [0.15, 0.2) is 0 Å². The molecule has 7 nitrogen and oxygen atoms in total. The van der Waals surface area contributed by atoms with Crippen molar-refractivity contribution in [3.63, 3.8) is 0 Å². The van der Waals surface area contributed by atoms with Gasteiger partial charge in [0.05, 0.1) is 21.7 Å². The number of aromatic nitrogens is 4. The Bertz CT molecular complexity index is 1300. The number of nitrogens with zero attached hydrogens (tertiary/aromatic N) is 3. The summed E-state index contributed by atoms with van der Waals surface area (Å²) in [5.74, 6) is 0.0963. The lowest BCUT2D eigenvalue weighted by atomic mass is 10.2. The van der Waals surface area contributed by atoms with Crippen LogP contribution in [0.15, 0.2) is 62.9 Å². The summed E-state index contributed by atoms with van der Waals surface area (Å²) in [5.41, 5.74) is -0.642. The van der Waals surface area contributed by atoms with Crippen molar-refractivity contribution in [2.75, 3.05) is 0 Å². The molecule has 2 aromatic heterocycles. The number of fused-ring (bicyclic) bond motifs is 2. The van der Waals surface area contributed by atoms with Crippen LogP contribution in [0.3, 0.4) is 0 Å². The van der Waals surface area contributed by atoms with Crippen molar-refractivity contribution in [2.24, 2.45) is 0 Å². The van der Waals surface area contributed by atoms with Crippen LogP contribution in [0.1, 0.15) is 6.92 Å². The van der Waals surface area contributed by atoms with Crippen molar-refractivity contribution in [3.05, 3.63) is 79.6 Å². The van der Waals surface area contributed by atoms with Crippen LogP contribution in [0.4, 0.5) is 0 Å². The molecule has 0 radical (unpaired) electrons. The van der Waals surface area contributed by atoms with E-state index in [1.807, 2.05) is 0 Å². The van der Waals surface area contributed by atoms with Gasteiger partial charge in [0.25, 0.3) is 16.7 Å². The van der Waals surface area contributed by atoms with E-state index < -0.39 is 11.1 Å². The number of hydrogen-bond donors (Lipinski definition) is 1. The summed E-state index contributed by atoms with van der Waals surface area (Å²) in [5, 5.41) is 3.57. The summed E-state index contributed by atoms with van der Waals surface area (Å²) in [7, 11) is 0. The van der Waals surface area contributed by atoms with Crippen molar-refractivity contribution in [1.82, 2.24) is 19.3 Å². The molecule has 0 saturated heterocycles. The normalized spacial score (nSPS) is 11.2. The van der Waals surface area contributed by atoms with E-state index in [1.54, 1.807) is 55.5 Å². The van der Waals surface area contributed by atoms with E-state index in [0.717, 1.165) is 4.68 Å². The average molecular weight is 334 g/mol. The van der Waals surface area contributed by atoms with E-state index in [-0.39, 0.29) is 16.9 Å². The van der Waals surface area contributed by atoms with Crippen LogP contribution in [0.5, 0.6) is 0 Å². The van der Waals surface area contributed by atoms with Crippen LogP contribution in [-0.4, -0.2) is 19.3 Å². The summed E-state index contributed by atoms with van der Waals surface area (Å²) in [6, 6.07) is 13.5. The Morgan fingerprint density at radius 3 is 2.24 bits per heavy atom. The standard InChI is InChI=1S/C18H14N4O3/c1-2-21-16(24)13-9-5-6-10-14(13)19-18(21)22-17(25)12-8-4-3-7-11(12)15(23)20-22/h3-10H,2H2,1H3,(H,20,23). The first-order chi connectivity index (χ1) is 12.1. The second-order valence-corrected chi connectivity index (χ2v) is 5.61. The van der Waals surface area contributed by atoms with Crippen molar-refractivity contribution >= 4 is 21.7 Å². The van der Waals surface area contributed by atoms with Crippen LogP contribution >= 0.6 is 0 Å². The Morgan fingerprint density at radius 1 is 0.880 bits per heavy atom. The molecule has 0 aliphatic carbocycles. The number of hydrogen-bond acceptors (Lipinski definition) is 4. The lowest BCUT2D eigenvalue weighted by Crippen LogP contribution is -2.35. The molecular formula is C18H14N4O3. The van der Waals surface area contributed by atoms with Crippen LogP contribution in [0, 0.1) is 0 Å². The molecule has 124 valence electrons. The van der Waals surface area contributed by atoms with Gasteiger partial charge in [-0.2, -0.15) is 4.68 Å². The zero-order chi connectivity index (χ0) is 17.6. The Balaban J connectivity index is 2.18. The van der Waals surface area contributed by atoms with Gasteiger partial charge >= 0.3 is 0 Å². The third kappa shape index (κ3) is 2.20. The van der Waals surface area contributed by atoms with Gasteiger partial charge in [0.2, 0.25) is 5.95 Å². The van der Waals surface area contributed by atoms with Gasteiger partial charge in [-0.3, -0.25) is 24.0 Å². The lowest BCUT2D eigenvalue weighted by Gasteiger charge is -2.13. The summed E-state index contributed by atoms with van der Waals surface area (Å²) in [4.78, 5) is 42.3. The number of para-hydroxylation sites is 1. The number of benzene rings is 2. The van der Waals surface area contributed by atoms with E-state index in [1.165, 1.54) is 4.57 Å². The first kappa shape index (κ1) is 15.1. The fourth-order valence-electron chi connectivity index (χ4n) is 2.95. The van der Waals surface area contributed by atoms with Crippen molar-refractivity contribution in [1.29, 1.82) is 0 Å². The number of aromatic amines is 1. The molecule has 25 heavy (non-hydrogen) atoms. The fourth-order valence-corrected chi connectivity index (χ4v) is 2.95. The quantitative estimate of drug-likeness (QED) is 0.600. The molecule has 4 rings (SSSR count). The monoisotopic (exact) mass is 334 g/mol. The molecule has 0 spiro atoms. The maximum Gasteiger partial charge on any atom is 0.280 e. The summed E-state index contributed by atoms with van der Waals surface area (Å²) >= 11 is 0. The fraction of sp³-hybridized carbons (Fsp3) is 0.111. The molecule has 4 aromatic rings. The summed E-state index contributed by atoms with van der Waals surface area (Å²) in [6.45, 7) is 2.10. The predicted molar refractivity (Wildman–Crippen MR) is 95.4 cm³/mol. The van der Waals surface area contributed by atoms with Gasteiger partial charge in [-0.05, 0) is 31.2 Å². The number of nitrogens with one attached hydrogen (secondary N) is 1. The van der Waals surface area contributed by atoms with E-state index in [2.05, 4.69) is 10.1 Å². The van der Waals surface area contributed by atoms with Crippen molar-refractivity contribution in [2.45, 2.75) is 13.5 Å². The molecule has 0 saturated carbocycles. The molecular weight excluding hydrogens is 320 g/mol. The Labute approximate surface area is 140 Å². The Morgan fingerprint density at radius 2 is 1.52 bits per heavy atom. The van der Waals surface area contributed by atoms with Crippen LogP contribution in [0.2, 0.25) is 0 Å². The number of H-pyrrole nitrogens is 1. The van der Waals surface area contributed by atoms with Crippen LogP contribution < -0.4 is 16.7 Å². The number of rotatable bonds is 2. The van der Waals surface area contributed by atoms with Crippen LogP contribution in [-0.2, 0) is 6.54 Å². The largest absolute Gasteiger partial charge is 0.280 e. The third-order valence-electron chi connectivity index (χ3n) is 4.18. The SMILES string of the molecule is CCn1c(-n2[nH]c(=O)c3ccccc3c2=O)nc2ccccc2c1=O. The highest BCUT2D eigenvalue weighted by atomic mass is 16.2. The smallest absolute Gasteiger partial charge is 0.277 e. The lowest BCUT2D eigenvalue weighted by molar-refractivity contribution is 0.632. The van der Waals surface area contributed by atoms with Crippen molar-refractivity contribution in [3.8, 4) is 5.95 Å². The van der Waals surface area contributed by atoms with E-state index in [9.17, 15) is 14.4 Å². The highest BCUT2D eigenvalue weighted by Crippen LogP contribution is 2.10. The minimum absolute atomic E-state index is 0.0963. The third-order valence-corrected chi connectivity index (χ3v) is 4.18. The van der Waals surface area contributed by atoms with E-state index >= 15 is 0 Å².